The highest BCUT2D eigenvalue weighted by atomic mass is 32.2. The summed E-state index contributed by atoms with van der Waals surface area (Å²) in [4.78, 5) is 0. The van der Waals surface area contributed by atoms with Crippen molar-refractivity contribution >= 4 is 11.8 Å². The summed E-state index contributed by atoms with van der Waals surface area (Å²) in [6.07, 6.45) is 0.847. The molecular formula is C16H26FNOS. The lowest BCUT2D eigenvalue weighted by atomic mass is 10.1. The van der Waals surface area contributed by atoms with Gasteiger partial charge in [-0.05, 0) is 42.3 Å². The number of hydrogen-bond acceptors (Lipinski definition) is 3. The molecule has 0 radical (unpaired) electrons. The van der Waals surface area contributed by atoms with Crippen molar-refractivity contribution in [3.8, 4) is 5.75 Å². The first-order valence-corrected chi connectivity index (χ1v) is 8.35. The van der Waals surface area contributed by atoms with E-state index in [0.29, 0.717) is 17.7 Å². The smallest absolute Gasteiger partial charge is 0.165 e. The average Bonchev–Trinajstić information content (AvgIpc) is 2.38. The Bertz CT molecular complexity index is 398. The minimum absolute atomic E-state index is 0.282. The van der Waals surface area contributed by atoms with E-state index in [4.69, 9.17) is 4.74 Å². The number of halogens is 1. The van der Waals surface area contributed by atoms with E-state index in [0.717, 1.165) is 24.3 Å². The molecule has 114 valence electrons. The number of ether oxygens (including phenoxy) is 1. The van der Waals surface area contributed by atoms with E-state index in [9.17, 15) is 4.39 Å². The van der Waals surface area contributed by atoms with Crippen LogP contribution in [0.3, 0.4) is 0 Å². The fourth-order valence-corrected chi connectivity index (χ4v) is 3.17. The normalized spacial score (nSPS) is 12.7. The van der Waals surface area contributed by atoms with E-state index in [1.807, 2.05) is 17.8 Å². The van der Waals surface area contributed by atoms with E-state index in [1.54, 1.807) is 12.1 Å². The Kier molecular flexibility index (Phi) is 8.00. The standard InChI is InChI=1S/C16H26FNOS/c1-5-18-14(11-20-10-12(2)3)8-13-6-7-16(19-4)15(17)9-13/h6-7,9,12,14,18H,5,8,10-11H2,1-4H3. The minimum Gasteiger partial charge on any atom is -0.494 e. The van der Waals surface area contributed by atoms with Crippen molar-refractivity contribution < 1.29 is 9.13 Å². The summed E-state index contributed by atoms with van der Waals surface area (Å²) in [7, 11) is 1.49. The molecule has 0 fully saturated rings. The van der Waals surface area contributed by atoms with Gasteiger partial charge in [-0.1, -0.05) is 26.8 Å². The Morgan fingerprint density at radius 3 is 2.60 bits per heavy atom. The molecular weight excluding hydrogens is 273 g/mol. The van der Waals surface area contributed by atoms with Gasteiger partial charge in [0.05, 0.1) is 7.11 Å². The molecule has 1 aromatic carbocycles. The zero-order chi connectivity index (χ0) is 15.0. The number of thioether (sulfide) groups is 1. The van der Waals surface area contributed by atoms with E-state index >= 15 is 0 Å². The molecule has 2 nitrogen and oxygen atoms in total. The maximum Gasteiger partial charge on any atom is 0.165 e. The average molecular weight is 299 g/mol. The lowest BCUT2D eigenvalue weighted by molar-refractivity contribution is 0.386. The van der Waals surface area contributed by atoms with Crippen LogP contribution in [-0.4, -0.2) is 31.2 Å². The second-order valence-corrected chi connectivity index (χ2v) is 6.43. The first-order chi connectivity index (χ1) is 9.56. The minimum atomic E-state index is -0.282. The first kappa shape index (κ1) is 17.3. The molecule has 0 amide bonds. The molecule has 1 aromatic rings. The van der Waals surface area contributed by atoms with Gasteiger partial charge in [0.1, 0.15) is 0 Å². The van der Waals surface area contributed by atoms with Gasteiger partial charge >= 0.3 is 0 Å². The Morgan fingerprint density at radius 2 is 2.05 bits per heavy atom. The van der Waals surface area contributed by atoms with Crippen molar-refractivity contribution in [2.75, 3.05) is 25.2 Å². The van der Waals surface area contributed by atoms with Gasteiger partial charge in [-0.3, -0.25) is 0 Å². The summed E-state index contributed by atoms with van der Waals surface area (Å²) in [6.45, 7) is 7.50. The van der Waals surface area contributed by atoms with Crippen molar-refractivity contribution in [2.45, 2.75) is 33.2 Å². The van der Waals surface area contributed by atoms with Crippen molar-refractivity contribution in [3.05, 3.63) is 29.6 Å². The van der Waals surface area contributed by atoms with Gasteiger partial charge in [0.15, 0.2) is 11.6 Å². The molecule has 1 N–H and O–H groups in total. The van der Waals surface area contributed by atoms with Crippen LogP contribution in [0.15, 0.2) is 18.2 Å². The van der Waals surface area contributed by atoms with Gasteiger partial charge in [0, 0.05) is 11.8 Å². The lowest BCUT2D eigenvalue weighted by Crippen LogP contribution is -2.33. The van der Waals surface area contributed by atoms with Crippen molar-refractivity contribution in [3.63, 3.8) is 0 Å². The molecule has 1 atom stereocenters. The quantitative estimate of drug-likeness (QED) is 0.750. The lowest BCUT2D eigenvalue weighted by Gasteiger charge is -2.18. The van der Waals surface area contributed by atoms with E-state index in [1.165, 1.54) is 12.9 Å². The zero-order valence-corrected chi connectivity index (χ0v) is 13.7. The molecule has 0 aliphatic heterocycles. The van der Waals surface area contributed by atoms with Gasteiger partial charge in [-0.25, -0.2) is 4.39 Å². The molecule has 1 unspecified atom stereocenters. The van der Waals surface area contributed by atoms with Crippen LogP contribution >= 0.6 is 11.8 Å². The Morgan fingerprint density at radius 1 is 1.30 bits per heavy atom. The first-order valence-electron chi connectivity index (χ1n) is 7.20. The molecule has 0 saturated carbocycles. The summed E-state index contributed by atoms with van der Waals surface area (Å²) in [5.41, 5.74) is 1.01. The molecule has 4 heteroatoms. The van der Waals surface area contributed by atoms with Crippen LogP contribution < -0.4 is 10.1 Å². The van der Waals surface area contributed by atoms with Crippen molar-refractivity contribution in [1.82, 2.24) is 5.32 Å². The van der Waals surface area contributed by atoms with E-state index in [2.05, 4.69) is 26.1 Å². The number of nitrogens with one attached hydrogen (secondary N) is 1. The molecule has 0 aliphatic rings. The molecule has 20 heavy (non-hydrogen) atoms. The summed E-state index contributed by atoms with van der Waals surface area (Å²) >= 11 is 1.96. The van der Waals surface area contributed by atoms with Gasteiger partial charge < -0.3 is 10.1 Å². The third kappa shape index (κ3) is 6.14. The third-order valence-corrected chi connectivity index (χ3v) is 4.50. The summed E-state index contributed by atoms with van der Waals surface area (Å²) in [5, 5.41) is 3.48. The highest BCUT2D eigenvalue weighted by molar-refractivity contribution is 7.99. The predicted octanol–water partition coefficient (Wildman–Crippen LogP) is 3.74. The van der Waals surface area contributed by atoms with Gasteiger partial charge in [-0.15, -0.1) is 0 Å². The van der Waals surface area contributed by atoms with Gasteiger partial charge in [0.2, 0.25) is 0 Å². The summed E-state index contributed by atoms with van der Waals surface area (Å²) in [6, 6.07) is 5.61. The van der Waals surface area contributed by atoms with Crippen LogP contribution in [-0.2, 0) is 6.42 Å². The highest BCUT2D eigenvalue weighted by Gasteiger charge is 2.11. The largest absolute Gasteiger partial charge is 0.494 e. The Hall–Kier alpha value is -0.740. The topological polar surface area (TPSA) is 21.3 Å². The highest BCUT2D eigenvalue weighted by Crippen LogP contribution is 2.19. The second kappa shape index (κ2) is 9.24. The third-order valence-electron chi connectivity index (χ3n) is 2.96. The molecule has 0 heterocycles. The molecule has 1 rings (SSSR count). The maximum absolute atomic E-state index is 13.7. The van der Waals surface area contributed by atoms with Crippen LogP contribution in [0, 0.1) is 11.7 Å². The van der Waals surface area contributed by atoms with Gasteiger partial charge in [0.25, 0.3) is 0 Å². The molecule has 0 aromatic heterocycles. The number of methoxy groups -OCH3 is 1. The van der Waals surface area contributed by atoms with E-state index < -0.39 is 0 Å². The Balaban J connectivity index is 2.58. The predicted molar refractivity (Wildman–Crippen MR) is 86.3 cm³/mol. The molecule has 0 aliphatic carbocycles. The van der Waals surface area contributed by atoms with Crippen LogP contribution in [0.1, 0.15) is 26.3 Å². The zero-order valence-electron chi connectivity index (χ0n) is 12.9. The number of hydrogen-bond donors (Lipinski definition) is 1. The molecule has 0 spiro atoms. The number of benzene rings is 1. The summed E-state index contributed by atoms with van der Waals surface area (Å²) < 4.78 is 18.6. The van der Waals surface area contributed by atoms with Crippen LogP contribution in [0.4, 0.5) is 4.39 Å². The molecule has 0 saturated heterocycles. The van der Waals surface area contributed by atoms with Crippen LogP contribution in [0.5, 0.6) is 5.75 Å². The Labute approximate surface area is 126 Å². The van der Waals surface area contributed by atoms with Crippen molar-refractivity contribution in [2.24, 2.45) is 5.92 Å². The fraction of sp³-hybridized carbons (Fsp3) is 0.625. The van der Waals surface area contributed by atoms with Crippen LogP contribution in [0.25, 0.3) is 0 Å². The second-order valence-electron chi connectivity index (χ2n) is 5.36. The van der Waals surface area contributed by atoms with Crippen molar-refractivity contribution in [1.29, 1.82) is 0 Å². The SMILES string of the molecule is CCNC(CSCC(C)C)Cc1ccc(OC)c(F)c1. The fourth-order valence-electron chi connectivity index (χ4n) is 2.05. The summed E-state index contributed by atoms with van der Waals surface area (Å²) in [5.74, 6) is 2.96. The number of likely N-dealkylation sites (N-methyl/N-ethyl adjacent to an activating group) is 1. The molecule has 0 bridgehead atoms. The maximum atomic E-state index is 13.7. The van der Waals surface area contributed by atoms with Gasteiger partial charge in [-0.2, -0.15) is 11.8 Å². The van der Waals surface area contributed by atoms with E-state index in [-0.39, 0.29) is 5.82 Å². The monoisotopic (exact) mass is 299 g/mol. The van der Waals surface area contributed by atoms with Crippen LogP contribution in [0.2, 0.25) is 0 Å². The number of rotatable bonds is 9.